The lowest BCUT2D eigenvalue weighted by Gasteiger charge is -2.22. The van der Waals surface area contributed by atoms with Gasteiger partial charge in [-0.1, -0.05) is 19.9 Å². The standard InChI is InChI=1S/C26H24FN3O4/c1-13(2)23-22(15-4-8-20(27)14(3)10-15)18-7-6-17(31)11-19(18)24(30-23)25(32)29-21-9-5-16(12-28-21)26(33)34/h4-13,25,31-32H,1-3H3,(H,28,29)(H,33,34). The van der Waals surface area contributed by atoms with Crippen LogP contribution in [0.3, 0.4) is 0 Å². The van der Waals surface area contributed by atoms with Crippen LogP contribution >= 0.6 is 0 Å². The van der Waals surface area contributed by atoms with Gasteiger partial charge in [0.2, 0.25) is 0 Å². The van der Waals surface area contributed by atoms with Crippen LogP contribution in [-0.2, 0) is 0 Å². The summed E-state index contributed by atoms with van der Waals surface area (Å²) in [4.78, 5) is 19.9. The third-order valence-electron chi connectivity index (χ3n) is 5.59. The molecule has 174 valence electrons. The maximum atomic E-state index is 14.0. The van der Waals surface area contributed by atoms with Crippen LogP contribution in [0.15, 0.2) is 54.7 Å². The van der Waals surface area contributed by atoms with Gasteiger partial charge in [-0.15, -0.1) is 0 Å². The zero-order valence-corrected chi connectivity index (χ0v) is 18.9. The summed E-state index contributed by atoms with van der Waals surface area (Å²) < 4.78 is 14.0. The van der Waals surface area contributed by atoms with E-state index in [1.165, 1.54) is 30.5 Å². The third-order valence-corrected chi connectivity index (χ3v) is 5.59. The van der Waals surface area contributed by atoms with Crippen molar-refractivity contribution in [3.63, 3.8) is 0 Å². The van der Waals surface area contributed by atoms with Gasteiger partial charge in [0, 0.05) is 17.1 Å². The molecule has 0 aliphatic carbocycles. The van der Waals surface area contributed by atoms with Crippen LogP contribution in [0.1, 0.15) is 53.3 Å². The summed E-state index contributed by atoms with van der Waals surface area (Å²) in [6.07, 6.45) is -0.108. The van der Waals surface area contributed by atoms with Crippen LogP contribution in [0.2, 0.25) is 0 Å². The van der Waals surface area contributed by atoms with Gasteiger partial charge in [-0.25, -0.2) is 14.2 Å². The number of anilines is 1. The lowest BCUT2D eigenvalue weighted by molar-refractivity contribution is 0.0696. The average molecular weight is 461 g/mol. The maximum absolute atomic E-state index is 14.0. The largest absolute Gasteiger partial charge is 0.508 e. The highest BCUT2D eigenvalue weighted by Crippen LogP contribution is 2.39. The van der Waals surface area contributed by atoms with E-state index in [9.17, 15) is 19.4 Å². The number of hydrogen-bond donors (Lipinski definition) is 4. The Morgan fingerprint density at radius 1 is 1.03 bits per heavy atom. The van der Waals surface area contributed by atoms with E-state index in [0.29, 0.717) is 16.6 Å². The van der Waals surface area contributed by atoms with Crippen molar-refractivity contribution in [2.45, 2.75) is 32.9 Å². The Morgan fingerprint density at radius 2 is 1.79 bits per heavy atom. The van der Waals surface area contributed by atoms with Crippen LogP contribution < -0.4 is 5.32 Å². The molecule has 0 saturated carbocycles. The summed E-state index contributed by atoms with van der Waals surface area (Å²) in [7, 11) is 0. The molecule has 8 heteroatoms. The van der Waals surface area contributed by atoms with Gasteiger partial charge in [0.25, 0.3) is 0 Å². The van der Waals surface area contributed by atoms with Crippen LogP contribution in [0.25, 0.3) is 21.9 Å². The number of halogens is 1. The number of carboxylic acids is 1. The number of pyridine rings is 2. The highest BCUT2D eigenvalue weighted by atomic mass is 19.1. The molecule has 0 fully saturated rings. The molecule has 0 saturated heterocycles. The van der Waals surface area contributed by atoms with Gasteiger partial charge in [0.15, 0.2) is 6.23 Å². The number of aromatic nitrogens is 2. The number of aromatic hydroxyl groups is 1. The lowest BCUT2D eigenvalue weighted by atomic mass is 9.90. The molecular weight excluding hydrogens is 437 g/mol. The number of aromatic carboxylic acids is 1. The van der Waals surface area contributed by atoms with E-state index in [2.05, 4.69) is 10.3 Å². The number of rotatable bonds is 6. The normalized spacial score (nSPS) is 12.2. The number of phenolic OH excluding ortho intramolecular Hbond substituents is 1. The van der Waals surface area contributed by atoms with Gasteiger partial charge in [-0.05, 0) is 71.8 Å². The molecule has 0 spiro atoms. The van der Waals surface area contributed by atoms with Gasteiger partial charge in [-0.2, -0.15) is 0 Å². The first-order chi connectivity index (χ1) is 16.2. The van der Waals surface area contributed by atoms with Crippen LogP contribution in [-0.4, -0.2) is 31.3 Å². The van der Waals surface area contributed by atoms with E-state index in [0.717, 1.165) is 16.5 Å². The molecule has 0 amide bonds. The average Bonchev–Trinajstić information content (AvgIpc) is 2.80. The number of nitrogens with one attached hydrogen (secondary N) is 1. The van der Waals surface area contributed by atoms with Crippen molar-refractivity contribution in [2.24, 2.45) is 0 Å². The smallest absolute Gasteiger partial charge is 0.337 e. The van der Waals surface area contributed by atoms with E-state index in [4.69, 9.17) is 10.1 Å². The highest BCUT2D eigenvalue weighted by Gasteiger charge is 2.22. The van der Waals surface area contributed by atoms with Gasteiger partial charge < -0.3 is 20.6 Å². The first-order valence-corrected chi connectivity index (χ1v) is 10.7. The third kappa shape index (κ3) is 4.40. The molecule has 0 aliphatic heterocycles. The van der Waals surface area contributed by atoms with Crippen molar-refractivity contribution >= 4 is 22.6 Å². The van der Waals surface area contributed by atoms with Crippen molar-refractivity contribution in [1.29, 1.82) is 0 Å². The second-order valence-electron chi connectivity index (χ2n) is 8.39. The number of benzene rings is 2. The SMILES string of the molecule is Cc1cc(-c2c(C(C)C)nc(C(O)Nc3ccc(C(=O)O)cn3)c3cc(O)ccc23)ccc1F. The van der Waals surface area contributed by atoms with Gasteiger partial charge in [0.05, 0.1) is 17.0 Å². The summed E-state index contributed by atoms with van der Waals surface area (Å²) in [6, 6.07) is 12.5. The molecule has 4 N–H and O–H groups in total. The Hall–Kier alpha value is -4.04. The molecule has 2 heterocycles. The molecule has 34 heavy (non-hydrogen) atoms. The number of hydrogen-bond acceptors (Lipinski definition) is 6. The minimum Gasteiger partial charge on any atom is -0.508 e. The number of aliphatic hydroxyl groups excluding tert-OH is 1. The summed E-state index contributed by atoms with van der Waals surface area (Å²) in [5.41, 5.74) is 3.09. The monoisotopic (exact) mass is 461 g/mol. The highest BCUT2D eigenvalue weighted by molar-refractivity contribution is 6.00. The zero-order valence-electron chi connectivity index (χ0n) is 18.9. The number of phenols is 1. The molecule has 1 atom stereocenters. The molecule has 7 nitrogen and oxygen atoms in total. The van der Waals surface area contributed by atoms with Crippen LogP contribution in [0.4, 0.5) is 10.2 Å². The van der Waals surface area contributed by atoms with E-state index >= 15 is 0 Å². The molecule has 4 aromatic rings. The second kappa shape index (κ2) is 9.07. The van der Waals surface area contributed by atoms with Crippen molar-refractivity contribution in [2.75, 3.05) is 5.32 Å². The molecule has 1 unspecified atom stereocenters. The number of carbonyl (C=O) groups is 1. The minimum atomic E-state index is -1.30. The fourth-order valence-corrected chi connectivity index (χ4v) is 3.89. The predicted molar refractivity (Wildman–Crippen MR) is 127 cm³/mol. The van der Waals surface area contributed by atoms with Crippen molar-refractivity contribution < 1.29 is 24.5 Å². The minimum absolute atomic E-state index is 0.00483. The van der Waals surface area contributed by atoms with Crippen LogP contribution in [0, 0.1) is 12.7 Å². The zero-order chi connectivity index (χ0) is 24.6. The molecular formula is C26H24FN3O4. The van der Waals surface area contributed by atoms with Crippen molar-refractivity contribution in [1.82, 2.24) is 9.97 Å². The number of nitrogens with zero attached hydrogens (tertiary/aromatic N) is 2. The molecule has 0 aliphatic rings. The fourth-order valence-electron chi connectivity index (χ4n) is 3.89. The first-order valence-electron chi connectivity index (χ1n) is 10.7. The van der Waals surface area contributed by atoms with E-state index in [1.54, 1.807) is 31.2 Å². The summed E-state index contributed by atoms with van der Waals surface area (Å²) in [5.74, 6) is -1.17. The Morgan fingerprint density at radius 3 is 2.41 bits per heavy atom. The van der Waals surface area contributed by atoms with Crippen LogP contribution in [0.5, 0.6) is 5.75 Å². The lowest BCUT2D eigenvalue weighted by Crippen LogP contribution is -2.15. The quantitative estimate of drug-likeness (QED) is 0.285. The Kier molecular flexibility index (Phi) is 6.17. The number of carboxylic acid groups (broad SMARTS) is 1. The van der Waals surface area contributed by atoms with Crippen molar-refractivity contribution in [3.8, 4) is 16.9 Å². The summed E-state index contributed by atoms with van der Waals surface area (Å²) in [6.45, 7) is 5.65. The second-order valence-corrected chi connectivity index (χ2v) is 8.39. The van der Waals surface area contributed by atoms with Gasteiger partial charge in [-0.3, -0.25) is 4.98 Å². The number of aryl methyl sites for hydroxylation is 1. The van der Waals surface area contributed by atoms with Gasteiger partial charge in [0.1, 0.15) is 17.4 Å². The number of aliphatic hydroxyl groups is 1. The van der Waals surface area contributed by atoms with Crippen molar-refractivity contribution in [3.05, 3.63) is 83.1 Å². The van der Waals surface area contributed by atoms with E-state index < -0.39 is 12.2 Å². The maximum Gasteiger partial charge on any atom is 0.337 e. The Bertz CT molecular complexity index is 1390. The molecule has 0 radical (unpaired) electrons. The molecule has 2 aromatic heterocycles. The molecule has 2 aromatic carbocycles. The fraction of sp³-hybridized carbons (Fsp3) is 0.192. The molecule has 4 rings (SSSR count). The predicted octanol–water partition coefficient (Wildman–Crippen LogP) is 5.37. The summed E-state index contributed by atoms with van der Waals surface area (Å²) in [5, 5.41) is 34.4. The van der Waals surface area contributed by atoms with E-state index in [1.807, 2.05) is 13.8 Å². The van der Waals surface area contributed by atoms with Gasteiger partial charge >= 0.3 is 5.97 Å². The Balaban J connectivity index is 1.88. The topological polar surface area (TPSA) is 116 Å². The first kappa shape index (κ1) is 23.1. The Labute approximate surface area is 195 Å². The molecule has 0 bridgehead atoms. The summed E-state index contributed by atoms with van der Waals surface area (Å²) >= 11 is 0. The number of fused-ring (bicyclic) bond motifs is 1. The van der Waals surface area contributed by atoms with E-state index in [-0.39, 0.29) is 34.6 Å².